The normalized spacial score (nSPS) is 11.5. The van der Waals surface area contributed by atoms with Crippen LogP contribution in [0, 0.1) is 0 Å². The maximum atomic E-state index is 10.2. The molecule has 0 saturated heterocycles. The van der Waals surface area contributed by atoms with Gasteiger partial charge in [-0.05, 0) is 12.1 Å². The number of phenols is 1. The van der Waals surface area contributed by atoms with Crippen LogP contribution >= 0.6 is 0 Å². The van der Waals surface area contributed by atoms with Gasteiger partial charge >= 0.3 is 0 Å². The van der Waals surface area contributed by atoms with Gasteiger partial charge in [0.15, 0.2) is 0 Å². The summed E-state index contributed by atoms with van der Waals surface area (Å²) in [6.07, 6.45) is 4.40. The highest BCUT2D eigenvalue weighted by Crippen LogP contribution is 2.30. The molecule has 5 nitrogen and oxygen atoms in total. The molecule has 0 atom stereocenters. The van der Waals surface area contributed by atoms with Crippen molar-refractivity contribution in [2.75, 3.05) is 6.54 Å². The quantitative estimate of drug-likeness (QED) is 0.428. The zero-order valence-corrected chi connectivity index (χ0v) is 12.6. The molecule has 4 N–H and O–H groups in total. The van der Waals surface area contributed by atoms with E-state index in [1.54, 1.807) is 12.4 Å². The van der Waals surface area contributed by atoms with Crippen molar-refractivity contribution in [3.63, 3.8) is 0 Å². The molecule has 5 heteroatoms. The lowest BCUT2D eigenvalue weighted by Gasteiger charge is -2.07. The largest absolute Gasteiger partial charge is 0.508 e. The minimum Gasteiger partial charge on any atom is -0.508 e. The summed E-state index contributed by atoms with van der Waals surface area (Å²) in [5, 5.41) is 15.9. The first-order chi connectivity index (χ1) is 11.3. The van der Waals surface area contributed by atoms with E-state index in [4.69, 9.17) is 0 Å². The fourth-order valence-electron chi connectivity index (χ4n) is 2.94. The van der Waals surface area contributed by atoms with Gasteiger partial charge in [0.25, 0.3) is 0 Å². The standard InChI is InChI=1S/C18H18N4O/c23-18-8-17-15(14-3-1-2-4-16(14)22-17)7-12(18)9-19-6-5-13-10-20-11-21-13/h1-4,7-8,10-11,19,22-23H,5-6,9H2,(H,20,21). The van der Waals surface area contributed by atoms with E-state index in [1.807, 2.05) is 18.3 Å². The Kier molecular flexibility index (Phi) is 3.48. The third-order valence-corrected chi connectivity index (χ3v) is 4.15. The van der Waals surface area contributed by atoms with Gasteiger partial charge in [0, 0.05) is 59.3 Å². The third kappa shape index (κ3) is 2.66. The van der Waals surface area contributed by atoms with Crippen LogP contribution in [0.1, 0.15) is 11.3 Å². The summed E-state index contributed by atoms with van der Waals surface area (Å²) < 4.78 is 0. The summed E-state index contributed by atoms with van der Waals surface area (Å²) in [6, 6.07) is 12.1. The number of benzene rings is 2. The number of para-hydroxylation sites is 1. The lowest BCUT2D eigenvalue weighted by Crippen LogP contribution is -2.16. The van der Waals surface area contributed by atoms with Gasteiger partial charge in [0.2, 0.25) is 0 Å². The Morgan fingerprint density at radius 2 is 2.00 bits per heavy atom. The zero-order valence-electron chi connectivity index (χ0n) is 12.6. The number of fused-ring (bicyclic) bond motifs is 3. The van der Waals surface area contributed by atoms with Gasteiger partial charge in [-0.1, -0.05) is 18.2 Å². The highest BCUT2D eigenvalue weighted by atomic mass is 16.3. The molecule has 23 heavy (non-hydrogen) atoms. The number of aromatic hydroxyl groups is 1. The summed E-state index contributed by atoms with van der Waals surface area (Å²) >= 11 is 0. The molecule has 4 aromatic rings. The SMILES string of the molecule is Oc1cc2[nH]c3ccccc3c2cc1CNCCc1cnc[nH]1. The van der Waals surface area contributed by atoms with Crippen molar-refractivity contribution in [2.45, 2.75) is 13.0 Å². The van der Waals surface area contributed by atoms with Crippen molar-refractivity contribution in [3.8, 4) is 5.75 Å². The Labute approximate surface area is 133 Å². The minimum absolute atomic E-state index is 0.318. The number of nitrogens with one attached hydrogen (secondary N) is 3. The van der Waals surface area contributed by atoms with Crippen molar-refractivity contribution in [3.05, 3.63) is 60.2 Å². The Morgan fingerprint density at radius 3 is 2.87 bits per heavy atom. The third-order valence-electron chi connectivity index (χ3n) is 4.15. The molecule has 2 aromatic carbocycles. The predicted molar refractivity (Wildman–Crippen MR) is 91.5 cm³/mol. The molecule has 0 radical (unpaired) electrons. The second-order valence-corrected chi connectivity index (χ2v) is 5.70. The Morgan fingerprint density at radius 1 is 1.09 bits per heavy atom. The van der Waals surface area contributed by atoms with E-state index in [0.29, 0.717) is 12.3 Å². The van der Waals surface area contributed by atoms with Gasteiger partial charge in [0.1, 0.15) is 5.75 Å². The average molecular weight is 306 g/mol. The van der Waals surface area contributed by atoms with E-state index in [0.717, 1.165) is 40.6 Å². The highest BCUT2D eigenvalue weighted by Gasteiger charge is 2.08. The highest BCUT2D eigenvalue weighted by molar-refractivity contribution is 6.07. The Bertz CT molecular complexity index is 940. The number of rotatable bonds is 5. The van der Waals surface area contributed by atoms with E-state index >= 15 is 0 Å². The number of aromatic amines is 2. The van der Waals surface area contributed by atoms with E-state index in [-0.39, 0.29) is 0 Å². The topological polar surface area (TPSA) is 76.7 Å². The number of H-pyrrole nitrogens is 2. The second-order valence-electron chi connectivity index (χ2n) is 5.70. The smallest absolute Gasteiger partial charge is 0.122 e. The molecule has 0 spiro atoms. The Balaban J connectivity index is 1.54. The number of phenolic OH excluding ortho intramolecular Hbond substituents is 1. The van der Waals surface area contributed by atoms with Gasteiger partial charge in [-0.3, -0.25) is 0 Å². The van der Waals surface area contributed by atoms with Crippen LogP contribution in [0.25, 0.3) is 21.8 Å². The van der Waals surface area contributed by atoms with Crippen molar-refractivity contribution in [1.82, 2.24) is 20.3 Å². The minimum atomic E-state index is 0.318. The fraction of sp³-hybridized carbons (Fsp3) is 0.167. The molecule has 0 aliphatic rings. The molecule has 0 bridgehead atoms. The van der Waals surface area contributed by atoms with Gasteiger partial charge in [-0.15, -0.1) is 0 Å². The maximum Gasteiger partial charge on any atom is 0.122 e. The van der Waals surface area contributed by atoms with Gasteiger partial charge in [-0.25, -0.2) is 4.98 Å². The first-order valence-electron chi connectivity index (χ1n) is 7.71. The summed E-state index contributed by atoms with van der Waals surface area (Å²) in [5.74, 6) is 0.318. The zero-order chi connectivity index (χ0) is 15.6. The summed E-state index contributed by atoms with van der Waals surface area (Å²) in [5.41, 5.74) is 4.07. The van der Waals surface area contributed by atoms with Crippen LogP contribution in [0.2, 0.25) is 0 Å². The number of nitrogens with zero attached hydrogens (tertiary/aromatic N) is 1. The molecule has 0 aliphatic carbocycles. The van der Waals surface area contributed by atoms with E-state index in [2.05, 4.69) is 38.5 Å². The van der Waals surface area contributed by atoms with Crippen LogP contribution in [0.5, 0.6) is 5.75 Å². The van der Waals surface area contributed by atoms with Crippen molar-refractivity contribution >= 4 is 21.8 Å². The lowest BCUT2D eigenvalue weighted by atomic mass is 10.1. The molecule has 0 amide bonds. The van der Waals surface area contributed by atoms with Crippen LogP contribution < -0.4 is 5.32 Å². The van der Waals surface area contributed by atoms with Crippen molar-refractivity contribution in [2.24, 2.45) is 0 Å². The summed E-state index contributed by atoms with van der Waals surface area (Å²) in [6.45, 7) is 1.46. The molecular formula is C18H18N4O. The molecule has 0 unspecified atom stereocenters. The fourth-order valence-corrected chi connectivity index (χ4v) is 2.94. The predicted octanol–water partition coefficient (Wildman–Crippen LogP) is 3.08. The molecule has 116 valence electrons. The number of hydrogen-bond donors (Lipinski definition) is 4. The van der Waals surface area contributed by atoms with Crippen LogP contribution in [0.15, 0.2) is 48.9 Å². The van der Waals surface area contributed by atoms with Crippen LogP contribution in [0.3, 0.4) is 0 Å². The second kappa shape index (κ2) is 5.78. The van der Waals surface area contributed by atoms with E-state index in [1.165, 1.54) is 5.39 Å². The lowest BCUT2D eigenvalue weighted by molar-refractivity contribution is 0.465. The first-order valence-corrected chi connectivity index (χ1v) is 7.71. The van der Waals surface area contributed by atoms with Crippen molar-refractivity contribution in [1.29, 1.82) is 0 Å². The molecule has 2 heterocycles. The first kappa shape index (κ1) is 13.8. The molecular weight excluding hydrogens is 288 g/mol. The molecule has 0 saturated carbocycles. The maximum absolute atomic E-state index is 10.2. The number of imidazole rings is 1. The molecule has 0 aliphatic heterocycles. The van der Waals surface area contributed by atoms with Gasteiger partial charge in [0.05, 0.1) is 11.8 Å². The summed E-state index contributed by atoms with van der Waals surface area (Å²) in [4.78, 5) is 10.4. The van der Waals surface area contributed by atoms with E-state index in [9.17, 15) is 5.11 Å². The number of aromatic nitrogens is 3. The molecule has 2 aromatic heterocycles. The number of hydrogen-bond acceptors (Lipinski definition) is 3. The van der Waals surface area contributed by atoms with Crippen molar-refractivity contribution < 1.29 is 5.11 Å². The van der Waals surface area contributed by atoms with Crippen LogP contribution in [-0.4, -0.2) is 26.6 Å². The van der Waals surface area contributed by atoms with Crippen LogP contribution in [0.4, 0.5) is 0 Å². The van der Waals surface area contributed by atoms with E-state index < -0.39 is 0 Å². The van der Waals surface area contributed by atoms with Gasteiger partial charge in [-0.2, -0.15) is 0 Å². The Hall–Kier alpha value is -2.79. The molecule has 0 fully saturated rings. The average Bonchev–Trinajstić information content (AvgIpc) is 3.18. The monoisotopic (exact) mass is 306 g/mol. The summed E-state index contributed by atoms with van der Waals surface area (Å²) in [7, 11) is 0. The van der Waals surface area contributed by atoms with Crippen LogP contribution in [-0.2, 0) is 13.0 Å². The van der Waals surface area contributed by atoms with Gasteiger partial charge < -0.3 is 20.4 Å². The molecule has 4 rings (SSSR count).